The van der Waals surface area contributed by atoms with Gasteiger partial charge in [-0.25, -0.2) is 4.98 Å². The number of aliphatic hydroxyl groups is 1. The number of nitrogens with zero attached hydrogens (tertiary/aromatic N) is 2. The standard InChI is InChI=1S/C10H15N3O2/c1-10(2,3-6-14)13-9(15)8-7-11-4-5-12-8/h4-5,7,14H,3,6H2,1-2H3,(H,13,15). The van der Waals surface area contributed by atoms with Gasteiger partial charge in [0.2, 0.25) is 0 Å². The van der Waals surface area contributed by atoms with Crippen LogP contribution in [0.4, 0.5) is 0 Å². The van der Waals surface area contributed by atoms with Gasteiger partial charge in [-0.05, 0) is 20.3 Å². The van der Waals surface area contributed by atoms with Crippen molar-refractivity contribution in [1.82, 2.24) is 15.3 Å². The predicted octanol–water partition coefficient (Wildman–Crippen LogP) is 0.367. The summed E-state index contributed by atoms with van der Waals surface area (Å²) in [5, 5.41) is 11.6. The van der Waals surface area contributed by atoms with Crippen LogP contribution in [0.15, 0.2) is 18.6 Å². The molecule has 5 nitrogen and oxygen atoms in total. The molecule has 0 aliphatic rings. The van der Waals surface area contributed by atoms with Gasteiger partial charge in [0.25, 0.3) is 5.91 Å². The van der Waals surface area contributed by atoms with E-state index in [0.717, 1.165) is 0 Å². The molecule has 0 bridgehead atoms. The molecule has 0 unspecified atom stereocenters. The first-order valence-corrected chi connectivity index (χ1v) is 4.74. The van der Waals surface area contributed by atoms with E-state index in [1.807, 2.05) is 13.8 Å². The third-order valence-electron chi connectivity index (χ3n) is 1.98. The zero-order chi connectivity index (χ0) is 11.3. The normalized spacial score (nSPS) is 11.1. The Morgan fingerprint density at radius 3 is 2.80 bits per heavy atom. The molecule has 0 aliphatic heterocycles. The van der Waals surface area contributed by atoms with Gasteiger partial charge in [0.1, 0.15) is 5.69 Å². The van der Waals surface area contributed by atoms with Crippen molar-refractivity contribution in [2.24, 2.45) is 0 Å². The number of nitrogens with one attached hydrogen (secondary N) is 1. The highest BCUT2D eigenvalue weighted by Crippen LogP contribution is 2.08. The molecule has 5 heteroatoms. The molecule has 0 aromatic carbocycles. The van der Waals surface area contributed by atoms with Crippen molar-refractivity contribution >= 4 is 5.91 Å². The molecule has 0 spiro atoms. The number of hydrogen-bond acceptors (Lipinski definition) is 4. The molecule has 0 radical (unpaired) electrons. The van der Waals surface area contributed by atoms with E-state index in [1.165, 1.54) is 18.6 Å². The molecule has 0 saturated carbocycles. The molecule has 1 aromatic rings. The number of aliphatic hydroxyl groups excluding tert-OH is 1. The lowest BCUT2D eigenvalue weighted by Gasteiger charge is -2.24. The fraction of sp³-hybridized carbons (Fsp3) is 0.500. The highest BCUT2D eigenvalue weighted by molar-refractivity contribution is 5.92. The summed E-state index contributed by atoms with van der Waals surface area (Å²) in [5.74, 6) is -0.276. The summed E-state index contributed by atoms with van der Waals surface area (Å²) < 4.78 is 0. The molecule has 82 valence electrons. The van der Waals surface area contributed by atoms with E-state index in [-0.39, 0.29) is 18.2 Å². The summed E-state index contributed by atoms with van der Waals surface area (Å²) in [6, 6.07) is 0. The summed E-state index contributed by atoms with van der Waals surface area (Å²) in [7, 11) is 0. The van der Waals surface area contributed by atoms with Crippen LogP contribution in [0.1, 0.15) is 30.8 Å². The van der Waals surface area contributed by atoms with Gasteiger partial charge in [0.15, 0.2) is 0 Å². The zero-order valence-electron chi connectivity index (χ0n) is 8.90. The Morgan fingerprint density at radius 2 is 2.27 bits per heavy atom. The van der Waals surface area contributed by atoms with E-state index < -0.39 is 5.54 Å². The first-order valence-electron chi connectivity index (χ1n) is 4.74. The number of aromatic nitrogens is 2. The molecule has 1 aromatic heterocycles. The lowest BCUT2D eigenvalue weighted by molar-refractivity contribution is 0.0894. The second-order valence-electron chi connectivity index (χ2n) is 3.90. The average Bonchev–Trinajstić information content (AvgIpc) is 2.18. The maximum absolute atomic E-state index is 11.6. The van der Waals surface area contributed by atoms with Crippen molar-refractivity contribution in [2.75, 3.05) is 6.61 Å². The maximum Gasteiger partial charge on any atom is 0.271 e. The average molecular weight is 209 g/mol. The van der Waals surface area contributed by atoms with Crippen molar-refractivity contribution in [3.05, 3.63) is 24.3 Å². The quantitative estimate of drug-likeness (QED) is 0.751. The van der Waals surface area contributed by atoms with Crippen molar-refractivity contribution in [3.8, 4) is 0 Å². The van der Waals surface area contributed by atoms with Gasteiger partial charge >= 0.3 is 0 Å². The minimum absolute atomic E-state index is 0.0355. The monoisotopic (exact) mass is 209 g/mol. The third kappa shape index (κ3) is 3.63. The molecular weight excluding hydrogens is 194 g/mol. The first-order chi connectivity index (χ1) is 7.05. The molecule has 0 atom stereocenters. The van der Waals surface area contributed by atoms with Gasteiger partial charge in [-0.15, -0.1) is 0 Å². The minimum Gasteiger partial charge on any atom is -0.396 e. The number of carbonyl (C=O) groups excluding carboxylic acids is 1. The molecule has 0 aliphatic carbocycles. The molecule has 1 amide bonds. The lowest BCUT2D eigenvalue weighted by atomic mass is 10.0. The van der Waals surface area contributed by atoms with Crippen molar-refractivity contribution in [2.45, 2.75) is 25.8 Å². The molecule has 1 rings (SSSR count). The van der Waals surface area contributed by atoms with Crippen LogP contribution in [-0.2, 0) is 0 Å². The topological polar surface area (TPSA) is 75.1 Å². The first kappa shape index (κ1) is 11.6. The Hall–Kier alpha value is -1.49. The van der Waals surface area contributed by atoms with Gasteiger partial charge in [-0.3, -0.25) is 9.78 Å². The number of rotatable bonds is 4. The maximum atomic E-state index is 11.6. The van der Waals surface area contributed by atoms with Crippen molar-refractivity contribution in [3.63, 3.8) is 0 Å². The minimum atomic E-state index is -0.441. The van der Waals surface area contributed by atoms with Gasteiger partial charge in [0.05, 0.1) is 6.20 Å². The van der Waals surface area contributed by atoms with Crippen molar-refractivity contribution < 1.29 is 9.90 Å². The van der Waals surface area contributed by atoms with Crippen molar-refractivity contribution in [1.29, 1.82) is 0 Å². The van der Waals surface area contributed by atoms with Gasteiger partial charge in [-0.1, -0.05) is 0 Å². The predicted molar refractivity (Wildman–Crippen MR) is 55.3 cm³/mol. The Balaban J connectivity index is 2.64. The largest absolute Gasteiger partial charge is 0.396 e. The molecule has 0 fully saturated rings. The number of amides is 1. The zero-order valence-corrected chi connectivity index (χ0v) is 8.90. The fourth-order valence-corrected chi connectivity index (χ4v) is 1.13. The van der Waals surface area contributed by atoms with E-state index in [0.29, 0.717) is 6.42 Å². The van der Waals surface area contributed by atoms with Crippen LogP contribution >= 0.6 is 0 Å². The third-order valence-corrected chi connectivity index (χ3v) is 1.98. The molecule has 1 heterocycles. The van der Waals surface area contributed by atoms with Crippen LogP contribution < -0.4 is 5.32 Å². The SMILES string of the molecule is CC(C)(CCO)NC(=O)c1cnccn1. The molecule has 2 N–H and O–H groups in total. The fourth-order valence-electron chi connectivity index (χ4n) is 1.13. The van der Waals surface area contributed by atoms with Crippen LogP contribution in [0.3, 0.4) is 0 Å². The lowest BCUT2D eigenvalue weighted by Crippen LogP contribution is -2.44. The number of carbonyl (C=O) groups is 1. The Morgan fingerprint density at radius 1 is 1.53 bits per heavy atom. The Bertz CT molecular complexity index is 325. The van der Waals surface area contributed by atoms with Gasteiger partial charge in [-0.2, -0.15) is 0 Å². The van der Waals surface area contributed by atoms with Gasteiger partial charge in [0, 0.05) is 24.5 Å². The molecular formula is C10H15N3O2. The Labute approximate surface area is 88.6 Å². The Kier molecular flexibility index (Phi) is 3.74. The second kappa shape index (κ2) is 4.84. The smallest absolute Gasteiger partial charge is 0.271 e. The van der Waals surface area contributed by atoms with Crippen LogP contribution in [0.25, 0.3) is 0 Å². The highest BCUT2D eigenvalue weighted by atomic mass is 16.3. The molecule has 0 saturated heterocycles. The summed E-state index contributed by atoms with van der Waals surface area (Å²) in [4.78, 5) is 19.3. The van der Waals surface area contributed by atoms with E-state index in [1.54, 1.807) is 0 Å². The molecule has 15 heavy (non-hydrogen) atoms. The number of hydrogen-bond donors (Lipinski definition) is 2. The van der Waals surface area contributed by atoms with Crippen LogP contribution in [-0.4, -0.2) is 33.1 Å². The van der Waals surface area contributed by atoms with E-state index in [4.69, 9.17) is 5.11 Å². The second-order valence-corrected chi connectivity index (χ2v) is 3.90. The summed E-state index contributed by atoms with van der Waals surface area (Å²) in [6.07, 6.45) is 4.88. The van der Waals surface area contributed by atoms with Crippen LogP contribution in [0.5, 0.6) is 0 Å². The highest BCUT2D eigenvalue weighted by Gasteiger charge is 2.20. The van der Waals surface area contributed by atoms with E-state index in [2.05, 4.69) is 15.3 Å². The van der Waals surface area contributed by atoms with E-state index >= 15 is 0 Å². The van der Waals surface area contributed by atoms with Crippen LogP contribution in [0, 0.1) is 0 Å². The van der Waals surface area contributed by atoms with Gasteiger partial charge < -0.3 is 10.4 Å². The summed E-state index contributed by atoms with van der Waals surface area (Å²) in [6.45, 7) is 3.72. The van der Waals surface area contributed by atoms with Crippen LogP contribution in [0.2, 0.25) is 0 Å². The van der Waals surface area contributed by atoms with E-state index in [9.17, 15) is 4.79 Å². The summed E-state index contributed by atoms with van der Waals surface area (Å²) in [5.41, 5.74) is -0.160. The summed E-state index contributed by atoms with van der Waals surface area (Å²) >= 11 is 0.